The molecule has 1 aromatic carbocycles. The highest BCUT2D eigenvalue weighted by molar-refractivity contribution is 6.07. The van der Waals surface area contributed by atoms with Crippen LogP contribution in [-0.4, -0.2) is 35.2 Å². The maximum absolute atomic E-state index is 13.6. The summed E-state index contributed by atoms with van der Waals surface area (Å²) < 4.78 is 12.6. The Morgan fingerprint density at radius 2 is 1.79 bits per heavy atom. The second-order valence-corrected chi connectivity index (χ2v) is 8.17. The summed E-state index contributed by atoms with van der Waals surface area (Å²) in [6.45, 7) is 11.3. The summed E-state index contributed by atoms with van der Waals surface area (Å²) in [6, 6.07) is 4.92. The number of nitrogen functional groups attached to an aromatic ring is 1. The average molecular weight is 461 g/mol. The van der Waals surface area contributed by atoms with E-state index in [-0.39, 0.29) is 24.0 Å². The Morgan fingerprint density at radius 1 is 1.12 bits per heavy atom. The van der Waals surface area contributed by atoms with Crippen LogP contribution in [0, 0.1) is 5.92 Å². The Balaban J connectivity index is 2.60. The van der Waals surface area contributed by atoms with E-state index in [1.807, 2.05) is 34.6 Å². The molecule has 1 amide bonds. The van der Waals surface area contributed by atoms with Gasteiger partial charge in [0.2, 0.25) is 0 Å². The van der Waals surface area contributed by atoms with Crippen molar-refractivity contribution in [2.24, 2.45) is 5.92 Å². The van der Waals surface area contributed by atoms with E-state index in [4.69, 9.17) is 15.2 Å². The third-order valence-corrected chi connectivity index (χ3v) is 5.18. The van der Waals surface area contributed by atoms with E-state index in [9.17, 15) is 14.4 Å². The number of anilines is 2. The lowest BCUT2D eigenvalue weighted by atomic mass is 10.1. The van der Waals surface area contributed by atoms with E-state index in [0.717, 1.165) is 6.42 Å². The van der Waals surface area contributed by atoms with Gasteiger partial charge in [-0.05, 0) is 50.8 Å². The second kappa shape index (κ2) is 12.1. The number of carbonyl (C=O) groups excluding carboxylic acids is 1. The third-order valence-electron chi connectivity index (χ3n) is 5.18. The lowest BCUT2D eigenvalue weighted by Gasteiger charge is -2.25. The van der Waals surface area contributed by atoms with Crippen LogP contribution in [0.4, 0.5) is 11.5 Å². The number of amides is 1. The second-order valence-electron chi connectivity index (χ2n) is 8.17. The number of carbonyl (C=O) groups is 1. The van der Waals surface area contributed by atoms with Gasteiger partial charge in [-0.2, -0.15) is 0 Å². The average Bonchev–Trinajstić information content (AvgIpc) is 2.76. The molecule has 0 fully saturated rings. The smallest absolute Gasteiger partial charge is 0.330 e. The molecule has 0 saturated heterocycles. The number of ether oxygens (including phenoxy) is 2. The van der Waals surface area contributed by atoms with Gasteiger partial charge in [-0.15, -0.1) is 0 Å². The zero-order valence-electron chi connectivity index (χ0n) is 20.3. The van der Waals surface area contributed by atoms with Crippen molar-refractivity contribution in [2.45, 2.75) is 60.4 Å². The number of benzene rings is 1. The van der Waals surface area contributed by atoms with Crippen molar-refractivity contribution < 1.29 is 14.3 Å². The molecule has 1 heterocycles. The molecule has 1 aromatic heterocycles. The molecule has 0 atom stereocenters. The molecule has 0 aliphatic rings. The van der Waals surface area contributed by atoms with Gasteiger partial charge in [-0.25, -0.2) is 4.79 Å². The fourth-order valence-electron chi connectivity index (χ4n) is 3.42. The van der Waals surface area contributed by atoms with Gasteiger partial charge in [-0.3, -0.25) is 19.1 Å². The molecule has 0 aliphatic carbocycles. The Bertz CT molecular complexity index is 1060. The normalized spacial score (nSPS) is 11.0. The predicted molar refractivity (Wildman–Crippen MR) is 131 cm³/mol. The first-order chi connectivity index (χ1) is 15.7. The van der Waals surface area contributed by atoms with E-state index < -0.39 is 17.2 Å². The number of nitrogens with two attached hydrogens (primary N) is 1. The van der Waals surface area contributed by atoms with Crippen LogP contribution in [0.1, 0.15) is 64.2 Å². The highest BCUT2D eigenvalue weighted by atomic mass is 16.5. The quantitative estimate of drug-likeness (QED) is 0.501. The topological polar surface area (TPSA) is 120 Å². The first-order valence-corrected chi connectivity index (χ1v) is 11.6. The van der Waals surface area contributed by atoms with Gasteiger partial charge < -0.3 is 20.1 Å². The van der Waals surface area contributed by atoms with E-state index in [2.05, 4.69) is 4.98 Å². The van der Waals surface area contributed by atoms with Crippen molar-refractivity contribution >= 4 is 17.4 Å². The summed E-state index contributed by atoms with van der Waals surface area (Å²) >= 11 is 0. The maximum atomic E-state index is 13.6. The molecule has 33 heavy (non-hydrogen) atoms. The SMILES string of the molecule is CCCCn1c(N)c(N(CCC(C)C)C(=O)c2ccc(OCC)c(OCC)c2)c(=O)[nH]c1=O. The summed E-state index contributed by atoms with van der Waals surface area (Å²) in [5.74, 6) is 0.854. The fourth-order valence-corrected chi connectivity index (χ4v) is 3.42. The van der Waals surface area contributed by atoms with Crippen LogP contribution in [0.5, 0.6) is 11.5 Å². The third kappa shape index (κ3) is 6.40. The zero-order valence-corrected chi connectivity index (χ0v) is 20.3. The molecule has 2 aromatic rings. The van der Waals surface area contributed by atoms with Crippen LogP contribution < -0.4 is 31.4 Å². The summed E-state index contributed by atoms with van der Waals surface area (Å²) in [5.41, 5.74) is 5.35. The molecule has 3 N–H and O–H groups in total. The lowest BCUT2D eigenvalue weighted by molar-refractivity contribution is 0.0985. The maximum Gasteiger partial charge on any atom is 0.330 e. The monoisotopic (exact) mass is 460 g/mol. The van der Waals surface area contributed by atoms with Gasteiger partial charge in [0.15, 0.2) is 17.2 Å². The molecule has 0 unspecified atom stereocenters. The first kappa shape index (κ1) is 26.0. The van der Waals surface area contributed by atoms with E-state index in [1.165, 1.54) is 9.47 Å². The van der Waals surface area contributed by atoms with Crippen LogP contribution in [0.3, 0.4) is 0 Å². The van der Waals surface area contributed by atoms with Crippen LogP contribution in [0.25, 0.3) is 0 Å². The zero-order chi connectivity index (χ0) is 24.5. The van der Waals surface area contributed by atoms with Crippen molar-refractivity contribution in [2.75, 3.05) is 30.4 Å². The molecular weight excluding hydrogens is 424 g/mol. The van der Waals surface area contributed by atoms with E-state index in [0.29, 0.717) is 49.7 Å². The van der Waals surface area contributed by atoms with Gasteiger partial charge in [0.05, 0.1) is 13.2 Å². The minimum absolute atomic E-state index is 0.00901. The Hall–Kier alpha value is -3.23. The number of hydrogen-bond donors (Lipinski definition) is 2. The minimum Gasteiger partial charge on any atom is -0.490 e. The molecule has 9 nitrogen and oxygen atoms in total. The van der Waals surface area contributed by atoms with Crippen molar-refractivity contribution in [1.82, 2.24) is 9.55 Å². The largest absolute Gasteiger partial charge is 0.490 e. The van der Waals surface area contributed by atoms with Crippen LogP contribution in [0.2, 0.25) is 0 Å². The van der Waals surface area contributed by atoms with E-state index >= 15 is 0 Å². The number of nitrogens with one attached hydrogen (secondary N) is 1. The van der Waals surface area contributed by atoms with Crippen molar-refractivity contribution in [3.8, 4) is 11.5 Å². The highest BCUT2D eigenvalue weighted by Crippen LogP contribution is 2.30. The van der Waals surface area contributed by atoms with E-state index in [1.54, 1.807) is 18.2 Å². The van der Waals surface area contributed by atoms with Gasteiger partial charge in [0.25, 0.3) is 11.5 Å². The molecule has 0 radical (unpaired) electrons. The van der Waals surface area contributed by atoms with Crippen molar-refractivity contribution in [1.29, 1.82) is 0 Å². The summed E-state index contributed by atoms with van der Waals surface area (Å²) in [4.78, 5) is 42.5. The Kier molecular flexibility index (Phi) is 9.57. The number of rotatable bonds is 12. The van der Waals surface area contributed by atoms with Crippen LogP contribution in [0.15, 0.2) is 27.8 Å². The van der Waals surface area contributed by atoms with Gasteiger partial charge in [-0.1, -0.05) is 27.2 Å². The fraction of sp³-hybridized carbons (Fsp3) is 0.542. The number of unbranched alkanes of at least 4 members (excludes halogenated alkanes) is 1. The van der Waals surface area contributed by atoms with Crippen molar-refractivity contribution in [3.05, 3.63) is 44.6 Å². The number of H-pyrrole nitrogens is 1. The molecule has 182 valence electrons. The predicted octanol–water partition coefficient (Wildman–Crippen LogP) is 3.41. The molecule has 0 aliphatic heterocycles. The van der Waals surface area contributed by atoms with Crippen molar-refractivity contribution in [3.63, 3.8) is 0 Å². The number of aromatic nitrogens is 2. The summed E-state index contributed by atoms with van der Waals surface area (Å²) in [7, 11) is 0. The van der Waals surface area contributed by atoms with Crippen LogP contribution in [-0.2, 0) is 6.54 Å². The standard InChI is InChI=1S/C24H36N4O5/c1-6-9-13-28-21(25)20(22(29)26-24(28)31)27(14-12-16(4)5)23(30)17-10-11-18(32-7-2)19(15-17)33-8-3/h10-11,15-16H,6-9,12-14,25H2,1-5H3,(H,26,29,31). The lowest BCUT2D eigenvalue weighted by Crippen LogP contribution is -2.42. The molecule has 0 saturated carbocycles. The van der Waals surface area contributed by atoms with Gasteiger partial charge >= 0.3 is 5.69 Å². The molecule has 0 bridgehead atoms. The highest BCUT2D eigenvalue weighted by Gasteiger charge is 2.26. The molecule has 9 heteroatoms. The minimum atomic E-state index is -0.682. The number of hydrogen-bond acceptors (Lipinski definition) is 6. The van der Waals surface area contributed by atoms with Crippen LogP contribution >= 0.6 is 0 Å². The Morgan fingerprint density at radius 3 is 2.39 bits per heavy atom. The van der Waals surface area contributed by atoms with Gasteiger partial charge in [0, 0.05) is 18.7 Å². The summed E-state index contributed by atoms with van der Waals surface area (Å²) in [5, 5.41) is 0. The molecular formula is C24H36N4O5. The molecule has 0 spiro atoms. The molecule has 2 rings (SSSR count). The first-order valence-electron chi connectivity index (χ1n) is 11.6. The summed E-state index contributed by atoms with van der Waals surface area (Å²) in [6.07, 6.45) is 2.21. The Labute approximate surface area is 194 Å². The number of aromatic amines is 1. The number of nitrogens with zero attached hydrogens (tertiary/aromatic N) is 2. The van der Waals surface area contributed by atoms with Gasteiger partial charge in [0.1, 0.15) is 5.82 Å².